The summed E-state index contributed by atoms with van der Waals surface area (Å²) in [4.78, 5) is 34.2. The van der Waals surface area contributed by atoms with Gasteiger partial charge in [0.05, 0.1) is 4.92 Å². The Morgan fingerprint density at radius 1 is 1.43 bits per heavy atom. The summed E-state index contributed by atoms with van der Waals surface area (Å²) < 4.78 is 5.16. The quantitative estimate of drug-likeness (QED) is 0.482. The molecule has 1 unspecified atom stereocenters. The molecule has 0 saturated carbocycles. The number of likely N-dealkylation sites (tertiary alicyclic amines) is 1. The van der Waals surface area contributed by atoms with E-state index >= 15 is 0 Å². The SMILES string of the molecule is O=CC1CCCN(C(=O)OCc2ccc([N+](=O)[O-])cc2)C1. The molecule has 1 aromatic rings. The highest BCUT2D eigenvalue weighted by atomic mass is 16.6. The third kappa shape index (κ3) is 4.01. The van der Waals surface area contributed by atoms with Crippen molar-refractivity contribution in [3.05, 3.63) is 39.9 Å². The summed E-state index contributed by atoms with van der Waals surface area (Å²) >= 11 is 0. The third-order valence-corrected chi connectivity index (χ3v) is 3.42. The number of aldehydes is 1. The number of nitro groups is 1. The van der Waals surface area contributed by atoms with E-state index in [1.165, 1.54) is 17.0 Å². The minimum absolute atomic E-state index is 0.00469. The molecule has 7 nitrogen and oxygen atoms in total. The van der Waals surface area contributed by atoms with Gasteiger partial charge in [-0.05, 0) is 30.5 Å². The van der Waals surface area contributed by atoms with Gasteiger partial charge in [-0.3, -0.25) is 10.1 Å². The van der Waals surface area contributed by atoms with Crippen molar-refractivity contribution >= 4 is 18.1 Å². The van der Waals surface area contributed by atoms with Crippen molar-refractivity contribution in [1.82, 2.24) is 4.90 Å². The monoisotopic (exact) mass is 292 g/mol. The predicted octanol–water partition coefficient (Wildman–Crippen LogP) is 2.14. The van der Waals surface area contributed by atoms with E-state index in [1.54, 1.807) is 12.1 Å². The molecule has 1 saturated heterocycles. The Bertz CT molecular complexity index is 529. The van der Waals surface area contributed by atoms with Gasteiger partial charge in [0.25, 0.3) is 5.69 Å². The fraction of sp³-hybridized carbons (Fsp3) is 0.429. The molecule has 0 bridgehead atoms. The maximum absolute atomic E-state index is 11.9. The first-order chi connectivity index (χ1) is 10.1. The number of rotatable bonds is 4. The maximum Gasteiger partial charge on any atom is 0.410 e. The number of nitro benzene ring substituents is 1. The number of nitrogens with zero attached hydrogens (tertiary/aromatic N) is 2. The van der Waals surface area contributed by atoms with E-state index in [-0.39, 0.29) is 18.2 Å². The summed E-state index contributed by atoms with van der Waals surface area (Å²) in [7, 11) is 0. The summed E-state index contributed by atoms with van der Waals surface area (Å²) in [5.41, 5.74) is 0.674. The number of ether oxygens (including phenoxy) is 1. The Kier molecular flexibility index (Phi) is 4.86. The molecule has 1 heterocycles. The van der Waals surface area contributed by atoms with Crippen LogP contribution in [0.4, 0.5) is 10.5 Å². The van der Waals surface area contributed by atoms with Crippen LogP contribution in [0, 0.1) is 16.0 Å². The van der Waals surface area contributed by atoms with Crippen molar-refractivity contribution < 1.29 is 19.2 Å². The zero-order valence-corrected chi connectivity index (χ0v) is 11.4. The number of piperidine rings is 1. The molecule has 1 aliphatic rings. The van der Waals surface area contributed by atoms with Crippen molar-refractivity contribution in [2.45, 2.75) is 19.4 Å². The molecule has 7 heteroatoms. The zero-order chi connectivity index (χ0) is 15.2. The number of carbonyl (C=O) groups is 2. The minimum Gasteiger partial charge on any atom is -0.445 e. The Morgan fingerprint density at radius 3 is 2.76 bits per heavy atom. The van der Waals surface area contributed by atoms with Crippen molar-refractivity contribution in [3.63, 3.8) is 0 Å². The average molecular weight is 292 g/mol. The van der Waals surface area contributed by atoms with Crippen LogP contribution in [-0.4, -0.2) is 35.3 Å². The molecule has 0 N–H and O–H groups in total. The van der Waals surface area contributed by atoms with Gasteiger partial charge in [0.2, 0.25) is 0 Å². The van der Waals surface area contributed by atoms with Crippen LogP contribution in [0.3, 0.4) is 0 Å². The lowest BCUT2D eigenvalue weighted by Crippen LogP contribution is -2.40. The Hall–Kier alpha value is -2.44. The number of hydrogen-bond donors (Lipinski definition) is 0. The predicted molar refractivity (Wildman–Crippen MR) is 73.6 cm³/mol. The Morgan fingerprint density at radius 2 is 2.14 bits per heavy atom. The molecule has 2 rings (SSSR count). The Labute approximate surface area is 121 Å². The van der Waals surface area contributed by atoms with Crippen LogP contribution in [0.15, 0.2) is 24.3 Å². The molecule has 1 aromatic carbocycles. The summed E-state index contributed by atoms with van der Waals surface area (Å²) in [6.07, 6.45) is 2.00. The number of non-ortho nitro benzene ring substituents is 1. The van der Waals surface area contributed by atoms with Crippen LogP contribution in [0.1, 0.15) is 18.4 Å². The topological polar surface area (TPSA) is 89.8 Å². The van der Waals surface area contributed by atoms with Gasteiger partial charge >= 0.3 is 6.09 Å². The molecular weight excluding hydrogens is 276 g/mol. The van der Waals surface area contributed by atoms with Gasteiger partial charge in [0.1, 0.15) is 12.9 Å². The van der Waals surface area contributed by atoms with Crippen molar-refractivity contribution in [1.29, 1.82) is 0 Å². The highest BCUT2D eigenvalue weighted by Gasteiger charge is 2.24. The van der Waals surface area contributed by atoms with E-state index in [0.717, 1.165) is 19.1 Å². The van der Waals surface area contributed by atoms with Gasteiger partial charge in [-0.15, -0.1) is 0 Å². The molecule has 21 heavy (non-hydrogen) atoms. The largest absolute Gasteiger partial charge is 0.445 e. The number of hydrogen-bond acceptors (Lipinski definition) is 5. The van der Waals surface area contributed by atoms with Crippen LogP contribution in [0.5, 0.6) is 0 Å². The molecule has 0 aromatic heterocycles. The second-order valence-corrected chi connectivity index (χ2v) is 4.96. The van der Waals surface area contributed by atoms with E-state index in [9.17, 15) is 19.7 Å². The number of carbonyl (C=O) groups excluding carboxylic acids is 2. The van der Waals surface area contributed by atoms with Crippen LogP contribution >= 0.6 is 0 Å². The second kappa shape index (κ2) is 6.83. The molecule has 0 spiro atoms. The lowest BCUT2D eigenvalue weighted by atomic mass is 10.0. The summed E-state index contributed by atoms with van der Waals surface area (Å²) in [5.74, 6) is -0.120. The first-order valence-electron chi connectivity index (χ1n) is 6.70. The van der Waals surface area contributed by atoms with Gasteiger partial charge in [-0.2, -0.15) is 0 Å². The lowest BCUT2D eigenvalue weighted by Gasteiger charge is -2.29. The second-order valence-electron chi connectivity index (χ2n) is 4.96. The standard InChI is InChI=1S/C14H16N2O5/c17-9-12-2-1-7-15(8-12)14(18)21-10-11-3-5-13(6-4-11)16(19)20/h3-6,9,12H,1-2,7-8,10H2. The van der Waals surface area contributed by atoms with E-state index in [2.05, 4.69) is 0 Å². The van der Waals surface area contributed by atoms with E-state index in [0.29, 0.717) is 18.7 Å². The number of amides is 1. The number of benzene rings is 1. The lowest BCUT2D eigenvalue weighted by molar-refractivity contribution is -0.384. The van der Waals surface area contributed by atoms with Crippen LogP contribution < -0.4 is 0 Å². The molecule has 112 valence electrons. The smallest absolute Gasteiger partial charge is 0.410 e. The van der Waals surface area contributed by atoms with Crippen LogP contribution in [0.25, 0.3) is 0 Å². The molecule has 1 aliphatic heterocycles. The van der Waals surface area contributed by atoms with Crippen molar-refractivity contribution in [3.8, 4) is 0 Å². The normalized spacial score (nSPS) is 18.1. The zero-order valence-electron chi connectivity index (χ0n) is 11.4. The fourth-order valence-electron chi connectivity index (χ4n) is 2.24. The van der Waals surface area contributed by atoms with Crippen LogP contribution in [0.2, 0.25) is 0 Å². The fourth-order valence-corrected chi connectivity index (χ4v) is 2.24. The molecule has 1 atom stereocenters. The molecule has 1 amide bonds. The van der Waals surface area contributed by atoms with Crippen molar-refractivity contribution in [2.75, 3.05) is 13.1 Å². The van der Waals surface area contributed by atoms with E-state index in [1.807, 2.05) is 0 Å². The highest BCUT2D eigenvalue weighted by molar-refractivity contribution is 5.68. The molecule has 0 radical (unpaired) electrons. The molecular formula is C14H16N2O5. The third-order valence-electron chi connectivity index (χ3n) is 3.42. The first kappa shape index (κ1) is 15.0. The molecule has 1 fully saturated rings. The van der Waals surface area contributed by atoms with Gasteiger partial charge < -0.3 is 14.4 Å². The van der Waals surface area contributed by atoms with Crippen molar-refractivity contribution in [2.24, 2.45) is 5.92 Å². The van der Waals surface area contributed by atoms with E-state index in [4.69, 9.17) is 4.74 Å². The summed E-state index contributed by atoms with van der Waals surface area (Å²) in [5, 5.41) is 10.5. The summed E-state index contributed by atoms with van der Waals surface area (Å²) in [6, 6.07) is 5.84. The molecule has 0 aliphatic carbocycles. The maximum atomic E-state index is 11.9. The summed E-state index contributed by atoms with van der Waals surface area (Å²) in [6.45, 7) is 1.03. The van der Waals surface area contributed by atoms with Gasteiger partial charge in [-0.1, -0.05) is 0 Å². The van der Waals surface area contributed by atoms with Gasteiger partial charge in [0, 0.05) is 31.1 Å². The van der Waals surface area contributed by atoms with E-state index < -0.39 is 11.0 Å². The van der Waals surface area contributed by atoms with Gasteiger partial charge in [0.15, 0.2) is 0 Å². The highest BCUT2D eigenvalue weighted by Crippen LogP contribution is 2.16. The minimum atomic E-state index is -0.483. The first-order valence-corrected chi connectivity index (χ1v) is 6.70. The van der Waals surface area contributed by atoms with Gasteiger partial charge in [-0.25, -0.2) is 4.79 Å². The van der Waals surface area contributed by atoms with Crippen LogP contribution in [-0.2, 0) is 16.1 Å². The Balaban J connectivity index is 1.85. The average Bonchev–Trinajstić information content (AvgIpc) is 2.53.